The molecule has 0 spiro atoms. The number of likely N-dealkylation sites (tertiary alicyclic amines) is 1. The van der Waals surface area contributed by atoms with Crippen molar-refractivity contribution < 1.29 is 9.53 Å². The maximum absolute atomic E-state index is 12.3. The molecule has 6 heteroatoms. The Morgan fingerprint density at radius 1 is 1.14 bits per heavy atom. The van der Waals surface area contributed by atoms with Gasteiger partial charge in [-0.2, -0.15) is 0 Å². The van der Waals surface area contributed by atoms with E-state index in [9.17, 15) is 4.79 Å². The van der Waals surface area contributed by atoms with Gasteiger partial charge in [-0.1, -0.05) is 42.5 Å². The van der Waals surface area contributed by atoms with E-state index < -0.39 is 0 Å². The molecule has 6 nitrogen and oxygen atoms in total. The second-order valence-corrected chi connectivity index (χ2v) is 7.14. The summed E-state index contributed by atoms with van der Waals surface area (Å²) < 4.78 is 5.15. The summed E-state index contributed by atoms with van der Waals surface area (Å²) >= 11 is 0. The Balaban J connectivity index is 1.52. The molecule has 2 aromatic rings. The highest BCUT2D eigenvalue weighted by atomic mass is 16.5. The van der Waals surface area contributed by atoms with Crippen LogP contribution in [0.4, 0.5) is 0 Å². The average Bonchev–Trinajstić information content (AvgIpc) is 3.26. The van der Waals surface area contributed by atoms with Crippen LogP contribution in [-0.4, -0.2) is 50.1 Å². The smallest absolute Gasteiger partial charge is 0.242 e. The molecule has 1 unspecified atom stereocenters. The first-order chi connectivity index (χ1) is 14.2. The van der Waals surface area contributed by atoms with Crippen molar-refractivity contribution in [3.05, 3.63) is 65.7 Å². The van der Waals surface area contributed by atoms with E-state index in [1.807, 2.05) is 37.3 Å². The standard InChI is InChI=1S/C23H30N4O2/c1-3-24-23(27-14-13-20(17-27)19-7-5-4-6-8-19)26-16-22(28)25-15-18-9-11-21(29-2)12-10-18/h4-12,20H,3,13-17H2,1-2H3,(H,24,26)(H,25,28). The van der Waals surface area contributed by atoms with Crippen molar-refractivity contribution in [1.29, 1.82) is 0 Å². The van der Waals surface area contributed by atoms with Crippen LogP contribution in [0, 0.1) is 0 Å². The van der Waals surface area contributed by atoms with Crippen molar-refractivity contribution in [3.63, 3.8) is 0 Å². The first kappa shape index (κ1) is 20.7. The summed E-state index contributed by atoms with van der Waals surface area (Å²) in [5.41, 5.74) is 2.39. The fourth-order valence-corrected chi connectivity index (χ4v) is 3.52. The number of benzene rings is 2. The van der Waals surface area contributed by atoms with E-state index >= 15 is 0 Å². The van der Waals surface area contributed by atoms with Crippen LogP contribution in [0.15, 0.2) is 59.6 Å². The Bertz CT molecular complexity index is 805. The number of guanidine groups is 1. The maximum Gasteiger partial charge on any atom is 0.242 e. The zero-order chi connectivity index (χ0) is 20.5. The minimum Gasteiger partial charge on any atom is -0.497 e. The molecule has 1 saturated heterocycles. The summed E-state index contributed by atoms with van der Waals surface area (Å²) in [6.07, 6.45) is 1.10. The molecule has 1 fully saturated rings. The van der Waals surface area contributed by atoms with Gasteiger partial charge in [0.15, 0.2) is 5.96 Å². The van der Waals surface area contributed by atoms with E-state index in [0.717, 1.165) is 43.3 Å². The Labute approximate surface area is 173 Å². The molecular formula is C23H30N4O2. The summed E-state index contributed by atoms with van der Waals surface area (Å²) in [6.45, 7) is 5.28. The highest BCUT2D eigenvalue weighted by molar-refractivity contribution is 5.85. The monoisotopic (exact) mass is 394 g/mol. The van der Waals surface area contributed by atoms with E-state index in [1.54, 1.807) is 7.11 Å². The predicted molar refractivity (Wildman–Crippen MR) is 116 cm³/mol. The van der Waals surface area contributed by atoms with Gasteiger partial charge in [0.25, 0.3) is 0 Å². The van der Waals surface area contributed by atoms with Gasteiger partial charge in [0, 0.05) is 32.1 Å². The Kier molecular flexibility index (Phi) is 7.50. The van der Waals surface area contributed by atoms with Crippen LogP contribution in [-0.2, 0) is 11.3 Å². The molecule has 29 heavy (non-hydrogen) atoms. The molecule has 2 N–H and O–H groups in total. The zero-order valence-corrected chi connectivity index (χ0v) is 17.2. The highest BCUT2D eigenvalue weighted by Crippen LogP contribution is 2.26. The van der Waals surface area contributed by atoms with E-state index in [0.29, 0.717) is 12.5 Å². The molecule has 1 heterocycles. The Morgan fingerprint density at radius 3 is 2.59 bits per heavy atom. The second-order valence-electron chi connectivity index (χ2n) is 7.14. The van der Waals surface area contributed by atoms with Crippen molar-refractivity contribution in [3.8, 4) is 5.75 Å². The third-order valence-electron chi connectivity index (χ3n) is 5.11. The van der Waals surface area contributed by atoms with E-state index in [4.69, 9.17) is 4.74 Å². The van der Waals surface area contributed by atoms with E-state index in [2.05, 4.69) is 44.8 Å². The minimum atomic E-state index is -0.0879. The normalized spacial score (nSPS) is 16.6. The van der Waals surface area contributed by atoms with Crippen LogP contribution < -0.4 is 15.4 Å². The summed E-state index contributed by atoms with van der Waals surface area (Å²) in [5, 5.41) is 6.25. The van der Waals surface area contributed by atoms with Crippen LogP contribution >= 0.6 is 0 Å². The van der Waals surface area contributed by atoms with Crippen LogP contribution in [0.3, 0.4) is 0 Å². The predicted octanol–water partition coefficient (Wildman–Crippen LogP) is 2.77. The molecule has 0 aromatic heterocycles. The summed E-state index contributed by atoms with van der Waals surface area (Å²) in [5.74, 6) is 2.03. The molecule has 1 amide bonds. The van der Waals surface area contributed by atoms with Crippen LogP contribution in [0.1, 0.15) is 30.4 Å². The van der Waals surface area contributed by atoms with Crippen molar-refractivity contribution in [2.24, 2.45) is 4.99 Å². The third kappa shape index (κ3) is 5.98. The van der Waals surface area contributed by atoms with Gasteiger partial charge in [0.2, 0.25) is 5.91 Å². The topological polar surface area (TPSA) is 66.0 Å². The molecule has 1 aliphatic rings. The molecule has 2 aromatic carbocycles. The molecular weight excluding hydrogens is 364 g/mol. The Hall–Kier alpha value is -3.02. The zero-order valence-electron chi connectivity index (χ0n) is 17.2. The highest BCUT2D eigenvalue weighted by Gasteiger charge is 2.25. The number of nitrogens with one attached hydrogen (secondary N) is 2. The van der Waals surface area contributed by atoms with Crippen molar-refractivity contribution in [2.45, 2.75) is 25.8 Å². The molecule has 0 radical (unpaired) electrons. The molecule has 0 bridgehead atoms. The molecule has 3 rings (SSSR count). The van der Waals surface area contributed by atoms with Gasteiger partial charge in [-0.15, -0.1) is 0 Å². The number of hydrogen-bond acceptors (Lipinski definition) is 3. The lowest BCUT2D eigenvalue weighted by Crippen LogP contribution is -2.40. The second kappa shape index (κ2) is 10.5. The number of aliphatic imine (C=N–C) groups is 1. The number of amides is 1. The lowest BCUT2D eigenvalue weighted by molar-refractivity contribution is -0.119. The quantitative estimate of drug-likeness (QED) is 0.560. The van der Waals surface area contributed by atoms with Crippen molar-refractivity contribution >= 4 is 11.9 Å². The lowest BCUT2D eigenvalue weighted by Gasteiger charge is -2.21. The van der Waals surface area contributed by atoms with Crippen LogP contribution in [0.5, 0.6) is 5.75 Å². The van der Waals surface area contributed by atoms with E-state index in [1.165, 1.54) is 5.56 Å². The van der Waals surface area contributed by atoms with Crippen molar-refractivity contribution in [2.75, 3.05) is 33.3 Å². The maximum atomic E-state index is 12.3. The van der Waals surface area contributed by atoms with Gasteiger partial charge < -0.3 is 20.3 Å². The first-order valence-corrected chi connectivity index (χ1v) is 10.2. The van der Waals surface area contributed by atoms with Gasteiger partial charge in [-0.3, -0.25) is 4.79 Å². The van der Waals surface area contributed by atoms with Crippen LogP contribution in [0.25, 0.3) is 0 Å². The summed E-state index contributed by atoms with van der Waals surface area (Å²) in [7, 11) is 1.64. The molecule has 0 saturated carbocycles. The largest absolute Gasteiger partial charge is 0.497 e. The fraction of sp³-hybridized carbons (Fsp3) is 0.391. The lowest BCUT2D eigenvalue weighted by atomic mass is 9.99. The van der Waals surface area contributed by atoms with E-state index in [-0.39, 0.29) is 12.5 Å². The number of nitrogens with zero attached hydrogens (tertiary/aromatic N) is 2. The summed E-state index contributed by atoms with van der Waals surface area (Å²) in [4.78, 5) is 19.1. The number of ether oxygens (including phenoxy) is 1. The summed E-state index contributed by atoms with van der Waals surface area (Å²) in [6, 6.07) is 18.3. The first-order valence-electron chi connectivity index (χ1n) is 10.2. The molecule has 1 atom stereocenters. The number of rotatable bonds is 7. The third-order valence-corrected chi connectivity index (χ3v) is 5.11. The molecule has 1 aliphatic heterocycles. The van der Waals surface area contributed by atoms with Gasteiger partial charge in [0.05, 0.1) is 7.11 Å². The molecule has 0 aliphatic carbocycles. The average molecular weight is 395 g/mol. The van der Waals surface area contributed by atoms with Gasteiger partial charge >= 0.3 is 0 Å². The SMILES string of the molecule is CCNC(=NCC(=O)NCc1ccc(OC)cc1)N1CCC(c2ccccc2)C1. The molecule has 154 valence electrons. The number of carbonyl (C=O) groups is 1. The van der Waals surface area contributed by atoms with Gasteiger partial charge in [0.1, 0.15) is 12.3 Å². The van der Waals surface area contributed by atoms with Gasteiger partial charge in [-0.05, 0) is 36.6 Å². The van der Waals surface area contributed by atoms with Crippen LogP contribution in [0.2, 0.25) is 0 Å². The fourth-order valence-electron chi connectivity index (χ4n) is 3.52. The number of hydrogen-bond donors (Lipinski definition) is 2. The number of carbonyl (C=O) groups excluding carboxylic acids is 1. The van der Waals surface area contributed by atoms with Crippen molar-refractivity contribution in [1.82, 2.24) is 15.5 Å². The Morgan fingerprint density at radius 2 is 1.90 bits per heavy atom. The number of methoxy groups -OCH3 is 1. The minimum absolute atomic E-state index is 0.0879. The van der Waals surface area contributed by atoms with Gasteiger partial charge in [-0.25, -0.2) is 4.99 Å².